The van der Waals surface area contributed by atoms with Gasteiger partial charge in [-0.2, -0.15) is 0 Å². The van der Waals surface area contributed by atoms with Crippen molar-refractivity contribution in [1.82, 2.24) is 0 Å². The molecular weight excluding hydrogens is 136 g/mol. The Balaban J connectivity index is 0. The van der Waals surface area contributed by atoms with Crippen LogP contribution in [0.4, 0.5) is 0 Å². The number of allylic oxidation sites excluding steroid dienone is 3. The van der Waals surface area contributed by atoms with E-state index < -0.39 is 0 Å². The van der Waals surface area contributed by atoms with Crippen LogP contribution in [0.2, 0.25) is 0 Å². The molecule has 0 aliphatic carbocycles. The molecule has 0 fully saturated rings. The van der Waals surface area contributed by atoms with Gasteiger partial charge < -0.3 is 5.11 Å². The summed E-state index contributed by atoms with van der Waals surface area (Å²) in [4.78, 5) is 0. The van der Waals surface area contributed by atoms with Gasteiger partial charge in [0.05, 0.1) is 0 Å². The zero-order valence-electron chi connectivity index (χ0n) is 7.94. The van der Waals surface area contributed by atoms with Crippen LogP contribution in [0.25, 0.3) is 0 Å². The highest BCUT2D eigenvalue weighted by molar-refractivity contribution is 5.29. The third-order valence-electron chi connectivity index (χ3n) is 1.08. The second-order valence-electron chi connectivity index (χ2n) is 2.02. The van der Waals surface area contributed by atoms with Crippen LogP contribution in [-0.2, 0) is 0 Å². The number of aliphatic hydroxyl groups is 1. The summed E-state index contributed by atoms with van der Waals surface area (Å²) in [6, 6.07) is 0. The first-order valence-corrected chi connectivity index (χ1v) is 3.77. The minimum Gasteiger partial charge on any atom is -0.507 e. The molecule has 0 radical (unpaired) electrons. The van der Waals surface area contributed by atoms with Crippen molar-refractivity contribution >= 4 is 0 Å². The van der Waals surface area contributed by atoms with Gasteiger partial charge in [0.25, 0.3) is 0 Å². The van der Waals surface area contributed by atoms with E-state index in [1.165, 1.54) is 0 Å². The first kappa shape index (κ1) is 12.7. The highest BCUT2D eigenvalue weighted by Crippen LogP contribution is 2.08. The predicted molar refractivity (Wildman–Crippen MR) is 51.7 cm³/mol. The van der Waals surface area contributed by atoms with Crippen molar-refractivity contribution in [3.63, 3.8) is 0 Å². The minimum atomic E-state index is 0.241. The van der Waals surface area contributed by atoms with Gasteiger partial charge in [0.15, 0.2) is 0 Å². The van der Waals surface area contributed by atoms with E-state index in [-0.39, 0.29) is 5.76 Å². The Morgan fingerprint density at radius 1 is 1.27 bits per heavy atom. The summed E-state index contributed by atoms with van der Waals surface area (Å²) in [7, 11) is 0. The molecule has 0 heterocycles. The van der Waals surface area contributed by atoms with Crippen LogP contribution in [0.1, 0.15) is 27.7 Å². The van der Waals surface area contributed by atoms with E-state index in [0.717, 1.165) is 5.57 Å². The second kappa shape index (κ2) is 7.13. The van der Waals surface area contributed by atoms with Gasteiger partial charge in [0, 0.05) is 0 Å². The van der Waals surface area contributed by atoms with E-state index in [0.29, 0.717) is 5.57 Å². The molecular formula is C10H18O. The molecule has 1 nitrogen and oxygen atoms in total. The van der Waals surface area contributed by atoms with E-state index in [9.17, 15) is 0 Å². The first-order valence-electron chi connectivity index (χ1n) is 3.77. The fourth-order valence-electron chi connectivity index (χ4n) is 0.433. The van der Waals surface area contributed by atoms with Crippen LogP contribution in [0.15, 0.2) is 36.1 Å². The van der Waals surface area contributed by atoms with Crippen LogP contribution >= 0.6 is 0 Å². The van der Waals surface area contributed by atoms with Crippen LogP contribution in [0.5, 0.6) is 0 Å². The van der Waals surface area contributed by atoms with Crippen molar-refractivity contribution in [2.75, 3.05) is 0 Å². The second-order valence-corrected chi connectivity index (χ2v) is 2.02. The molecule has 0 aromatic rings. The Bertz CT molecular complexity index is 164. The fraction of sp³-hybridized carbons (Fsp3) is 0.400. The Hall–Kier alpha value is -0.980. The standard InChI is InChI=1S/C8H12O.C2H6/c1-5-7(4)8(9)6(2)3;1-2/h5,9H,1-2H2,3-4H3;1-2H3/b8-7+;. The van der Waals surface area contributed by atoms with Crippen molar-refractivity contribution in [2.45, 2.75) is 27.7 Å². The number of hydrogen-bond donors (Lipinski definition) is 1. The van der Waals surface area contributed by atoms with Crippen molar-refractivity contribution in [2.24, 2.45) is 0 Å². The molecule has 0 aliphatic heterocycles. The molecule has 0 aromatic carbocycles. The maximum absolute atomic E-state index is 9.10. The van der Waals surface area contributed by atoms with Crippen LogP contribution in [0, 0.1) is 0 Å². The molecule has 0 spiro atoms. The summed E-state index contributed by atoms with van der Waals surface area (Å²) < 4.78 is 0. The number of hydrogen-bond acceptors (Lipinski definition) is 1. The van der Waals surface area contributed by atoms with Gasteiger partial charge in [-0.25, -0.2) is 0 Å². The third-order valence-corrected chi connectivity index (χ3v) is 1.08. The van der Waals surface area contributed by atoms with Gasteiger partial charge in [0.1, 0.15) is 5.76 Å². The molecule has 0 aliphatic rings. The number of rotatable bonds is 2. The molecule has 0 aromatic heterocycles. The molecule has 0 rings (SSSR count). The summed E-state index contributed by atoms with van der Waals surface area (Å²) in [6.45, 7) is 14.6. The lowest BCUT2D eigenvalue weighted by atomic mass is 10.2. The molecule has 0 unspecified atom stereocenters. The average molecular weight is 154 g/mol. The molecule has 0 bridgehead atoms. The van der Waals surface area contributed by atoms with Gasteiger partial charge in [-0.05, 0) is 25.0 Å². The molecule has 11 heavy (non-hydrogen) atoms. The zero-order valence-corrected chi connectivity index (χ0v) is 7.94. The molecule has 0 amide bonds. The summed E-state index contributed by atoms with van der Waals surface area (Å²) in [5.41, 5.74) is 1.44. The number of aliphatic hydroxyl groups excluding tert-OH is 1. The van der Waals surface area contributed by atoms with Gasteiger partial charge in [-0.3, -0.25) is 0 Å². The summed E-state index contributed by atoms with van der Waals surface area (Å²) in [5.74, 6) is 0.241. The SMILES string of the molecule is C=C/C(C)=C(/O)C(=C)C.CC. The molecule has 64 valence electrons. The minimum absolute atomic E-state index is 0.241. The van der Waals surface area contributed by atoms with Crippen molar-refractivity contribution in [1.29, 1.82) is 0 Å². The fourth-order valence-corrected chi connectivity index (χ4v) is 0.433. The van der Waals surface area contributed by atoms with E-state index in [4.69, 9.17) is 5.11 Å². The topological polar surface area (TPSA) is 20.2 Å². The van der Waals surface area contributed by atoms with Crippen LogP contribution < -0.4 is 0 Å². The Morgan fingerprint density at radius 3 is 1.73 bits per heavy atom. The summed E-state index contributed by atoms with van der Waals surface area (Å²) in [5, 5.41) is 9.10. The highest BCUT2D eigenvalue weighted by atomic mass is 16.3. The predicted octanol–water partition coefficient (Wildman–Crippen LogP) is 3.61. The molecule has 1 heteroatoms. The quantitative estimate of drug-likeness (QED) is 0.476. The maximum Gasteiger partial charge on any atom is 0.120 e. The third kappa shape index (κ3) is 5.46. The first-order chi connectivity index (χ1) is 5.09. The maximum atomic E-state index is 9.10. The van der Waals surface area contributed by atoms with Crippen molar-refractivity contribution in [3.05, 3.63) is 36.1 Å². The van der Waals surface area contributed by atoms with Gasteiger partial charge in [-0.15, -0.1) is 0 Å². The lowest BCUT2D eigenvalue weighted by Crippen LogP contribution is -1.84. The van der Waals surface area contributed by atoms with E-state index in [1.807, 2.05) is 13.8 Å². The summed E-state index contributed by atoms with van der Waals surface area (Å²) in [6.07, 6.45) is 1.60. The van der Waals surface area contributed by atoms with Crippen LogP contribution in [0.3, 0.4) is 0 Å². The van der Waals surface area contributed by atoms with Gasteiger partial charge in [0.2, 0.25) is 0 Å². The summed E-state index contributed by atoms with van der Waals surface area (Å²) >= 11 is 0. The van der Waals surface area contributed by atoms with Gasteiger partial charge >= 0.3 is 0 Å². The largest absolute Gasteiger partial charge is 0.507 e. The van der Waals surface area contributed by atoms with Crippen molar-refractivity contribution < 1.29 is 5.11 Å². The molecule has 0 saturated heterocycles. The molecule has 1 N–H and O–H groups in total. The average Bonchev–Trinajstić information content (AvgIpc) is 2.05. The molecule has 0 saturated carbocycles. The smallest absolute Gasteiger partial charge is 0.120 e. The highest BCUT2D eigenvalue weighted by Gasteiger charge is 1.94. The zero-order chi connectivity index (χ0) is 9.44. The van der Waals surface area contributed by atoms with E-state index in [2.05, 4.69) is 13.2 Å². The molecule has 0 atom stereocenters. The Kier molecular flexibility index (Phi) is 8.22. The lowest BCUT2D eigenvalue weighted by molar-refractivity contribution is 0.419. The Morgan fingerprint density at radius 2 is 1.64 bits per heavy atom. The van der Waals surface area contributed by atoms with Crippen molar-refractivity contribution in [3.8, 4) is 0 Å². The van der Waals surface area contributed by atoms with Gasteiger partial charge in [-0.1, -0.05) is 33.1 Å². The Labute approximate surface area is 69.8 Å². The van der Waals surface area contributed by atoms with E-state index >= 15 is 0 Å². The van der Waals surface area contributed by atoms with Crippen LogP contribution in [-0.4, -0.2) is 5.11 Å². The monoisotopic (exact) mass is 154 g/mol. The lowest BCUT2D eigenvalue weighted by Gasteiger charge is -1.98. The normalized spacial score (nSPS) is 10.5. The van der Waals surface area contributed by atoms with E-state index in [1.54, 1.807) is 19.9 Å².